The molecule has 0 spiro atoms. The second-order valence-electron chi connectivity index (χ2n) is 10.9. The number of hydrogen-bond donors (Lipinski definition) is 2. The average Bonchev–Trinajstić information content (AvgIpc) is 2.96. The molecule has 0 fully saturated rings. The van der Waals surface area contributed by atoms with Crippen LogP contribution in [0.25, 0.3) is 11.1 Å². The van der Waals surface area contributed by atoms with Crippen LogP contribution < -0.4 is 29.2 Å². The fourth-order valence-electron chi connectivity index (χ4n) is 5.06. The molecule has 4 rings (SSSR count). The fourth-order valence-corrected chi connectivity index (χ4v) is 5.91. The van der Waals surface area contributed by atoms with Gasteiger partial charge in [-0.1, -0.05) is 23.3 Å². The van der Waals surface area contributed by atoms with Crippen LogP contribution >= 0.6 is 0 Å². The number of ether oxygens (including phenoxy) is 2. The molecule has 0 aliphatic carbocycles. The zero-order chi connectivity index (χ0) is 30.4. The number of hydrogen-bond acceptors (Lipinski definition) is 7. The molecule has 2 N–H and O–H groups in total. The second-order valence-corrected chi connectivity index (χ2v) is 12.2. The van der Waals surface area contributed by atoms with E-state index in [-0.39, 0.29) is 12.5 Å². The Morgan fingerprint density at radius 3 is 2.55 bits per heavy atom. The van der Waals surface area contributed by atoms with Crippen molar-refractivity contribution in [1.82, 2.24) is 5.32 Å². The van der Waals surface area contributed by atoms with E-state index in [0.717, 1.165) is 53.9 Å². The van der Waals surface area contributed by atoms with Crippen LogP contribution in [0, 0.1) is 12.7 Å². The molecule has 3 aromatic rings. The third-order valence-corrected chi connectivity index (χ3v) is 8.31. The summed E-state index contributed by atoms with van der Waals surface area (Å²) < 4.78 is 44.3. The summed E-state index contributed by atoms with van der Waals surface area (Å²) >= 11 is -1.88. The van der Waals surface area contributed by atoms with Gasteiger partial charge in [0.05, 0.1) is 18.5 Å². The Morgan fingerprint density at radius 1 is 1.05 bits per heavy atom. The number of amides is 1. The van der Waals surface area contributed by atoms with Gasteiger partial charge < -0.3 is 25.0 Å². The number of benzene rings is 3. The van der Waals surface area contributed by atoms with Crippen molar-refractivity contribution >= 4 is 28.4 Å². The highest BCUT2D eigenvalue weighted by Crippen LogP contribution is 2.45. The molecule has 42 heavy (non-hydrogen) atoms. The number of halogens is 1. The van der Waals surface area contributed by atoms with E-state index in [1.54, 1.807) is 37.3 Å². The summed E-state index contributed by atoms with van der Waals surface area (Å²) in [7, 11) is 3.30. The second kappa shape index (κ2) is 13.6. The van der Waals surface area contributed by atoms with E-state index >= 15 is 0 Å². The van der Waals surface area contributed by atoms with E-state index in [2.05, 4.69) is 17.6 Å². The summed E-state index contributed by atoms with van der Waals surface area (Å²) in [6.45, 7) is 9.43. The van der Waals surface area contributed by atoms with E-state index in [1.807, 2.05) is 39.0 Å². The molecule has 1 unspecified atom stereocenters. The molecule has 0 bridgehead atoms. The number of anilines is 2. The first kappa shape index (κ1) is 31.3. The number of likely N-dealkylation sites (N-methyl/N-ethyl adjacent to an activating group) is 1. The molecule has 8 nitrogen and oxygen atoms in total. The summed E-state index contributed by atoms with van der Waals surface area (Å²) in [5.41, 5.74) is 3.71. The van der Waals surface area contributed by atoms with Gasteiger partial charge in [-0.05, 0) is 75.7 Å². The predicted octanol–water partition coefficient (Wildman–Crippen LogP) is 5.94. The van der Waals surface area contributed by atoms with E-state index < -0.39 is 22.4 Å². The summed E-state index contributed by atoms with van der Waals surface area (Å²) in [6, 6.07) is 13.6. The van der Waals surface area contributed by atoms with Gasteiger partial charge in [-0.2, -0.15) is 0 Å². The lowest BCUT2D eigenvalue weighted by Crippen LogP contribution is -2.52. The average molecular weight is 599 g/mol. The summed E-state index contributed by atoms with van der Waals surface area (Å²) in [6.07, 6.45) is 1.81. The Kier molecular flexibility index (Phi) is 10.1. The van der Waals surface area contributed by atoms with Crippen molar-refractivity contribution in [3.05, 3.63) is 65.5 Å². The standard InChI is InChI=1S/C32H40FN3O5S/c1-7-15-34-16-8-17-42(38)41-23-11-12-25(29(19-23)39-6)24-13-14-27-30(36(5)31(37)32(3,4)35-27)26(24)20-40-28-18-22(33)10-9-21(28)2/h9-14,18-19,34-35H,7-8,15-17,20H2,1-6H3/p+1. The maximum atomic E-state index is 14.0. The highest BCUT2D eigenvalue weighted by molar-refractivity contribution is 7.80. The zero-order valence-electron chi connectivity index (χ0n) is 25.2. The first-order valence-corrected chi connectivity index (χ1v) is 15.5. The van der Waals surface area contributed by atoms with Crippen molar-refractivity contribution < 1.29 is 27.1 Å². The Bertz CT molecular complexity index is 1460. The molecular weight excluding hydrogens is 557 g/mol. The lowest BCUT2D eigenvalue weighted by Gasteiger charge is -2.39. The van der Waals surface area contributed by atoms with Gasteiger partial charge >= 0.3 is 0 Å². The van der Waals surface area contributed by atoms with Crippen molar-refractivity contribution in [2.45, 2.75) is 52.7 Å². The first-order valence-electron chi connectivity index (χ1n) is 14.2. The van der Waals surface area contributed by atoms with Crippen LogP contribution in [-0.4, -0.2) is 44.4 Å². The molecule has 0 saturated heterocycles. The molecular formula is C32H41FN3O5S+. The largest absolute Gasteiger partial charge is 0.496 e. The molecule has 1 aliphatic heterocycles. The third-order valence-electron chi connectivity index (χ3n) is 7.22. The smallest absolute Gasteiger partial charge is 0.251 e. The summed E-state index contributed by atoms with van der Waals surface area (Å²) in [5, 5.41) is 6.65. The van der Waals surface area contributed by atoms with Crippen molar-refractivity contribution in [3.8, 4) is 28.4 Å². The van der Waals surface area contributed by atoms with Gasteiger partial charge in [0.2, 0.25) is 11.1 Å². The minimum atomic E-state index is -1.88. The van der Waals surface area contributed by atoms with E-state index in [1.165, 1.54) is 12.1 Å². The zero-order valence-corrected chi connectivity index (χ0v) is 26.1. The molecule has 3 aromatic carbocycles. The highest BCUT2D eigenvalue weighted by Gasteiger charge is 2.38. The van der Waals surface area contributed by atoms with Gasteiger partial charge in [0, 0.05) is 36.7 Å². The van der Waals surface area contributed by atoms with Gasteiger partial charge in [0.25, 0.3) is 5.91 Å². The first-order chi connectivity index (χ1) is 20.1. The van der Waals surface area contributed by atoms with Gasteiger partial charge in [0.1, 0.15) is 29.5 Å². The van der Waals surface area contributed by atoms with Crippen molar-refractivity contribution in [3.63, 3.8) is 0 Å². The maximum Gasteiger partial charge on any atom is 0.251 e. The van der Waals surface area contributed by atoms with Gasteiger partial charge in [0.15, 0.2) is 11.5 Å². The molecule has 226 valence electrons. The summed E-state index contributed by atoms with van der Waals surface area (Å²) in [5.74, 6) is 1.34. The SMILES string of the molecule is CCCNCCC[SH+](=O)Oc1ccc(-c2ccc3c(c2COc2cc(F)ccc2C)N(C)C(=O)C(C)(C)N3)c(OC)c1. The Hall–Kier alpha value is -3.63. The molecule has 10 heteroatoms. The number of fused-ring (bicyclic) bond motifs is 1. The van der Waals surface area contributed by atoms with Gasteiger partial charge in [-0.15, -0.1) is 0 Å². The summed E-state index contributed by atoms with van der Waals surface area (Å²) in [4.78, 5) is 14.9. The fraction of sp³-hybridized carbons (Fsp3) is 0.406. The number of nitrogens with zero attached hydrogens (tertiary/aromatic N) is 1. The minimum Gasteiger partial charge on any atom is -0.496 e. The van der Waals surface area contributed by atoms with Crippen LogP contribution in [0.1, 0.15) is 44.7 Å². The van der Waals surface area contributed by atoms with E-state index in [9.17, 15) is 13.4 Å². The quantitative estimate of drug-likeness (QED) is 0.143. The van der Waals surface area contributed by atoms with E-state index in [4.69, 9.17) is 13.7 Å². The lowest BCUT2D eigenvalue weighted by atomic mass is 9.91. The Labute approximate surface area is 250 Å². The highest BCUT2D eigenvalue weighted by atomic mass is 32.2. The van der Waals surface area contributed by atoms with Crippen LogP contribution in [0.2, 0.25) is 0 Å². The number of rotatable bonds is 13. The van der Waals surface area contributed by atoms with Crippen LogP contribution in [-0.2, 0) is 26.7 Å². The maximum absolute atomic E-state index is 14.0. The molecule has 0 aromatic heterocycles. The van der Waals surface area contributed by atoms with Crippen LogP contribution in [0.3, 0.4) is 0 Å². The van der Waals surface area contributed by atoms with E-state index in [0.29, 0.717) is 28.7 Å². The van der Waals surface area contributed by atoms with Gasteiger partial charge in [-0.25, -0.2) is 4.39 Å². The number of carbonyl (C=O) groups is 1. The number of methoxy groups -OCH3 is 1. The molecule has 1 atom stereocenters. The molecule has 1 aliphatic rings. The van der Waals surface area contributed by atoms with Crippen LogP contribution in [0.4, 0.5) is 15.8 Å². The third kappa shape index (κ3) is 7.04. The van der Waals surface area contributed by atoms with Crippen LogP contribution in [0.5, 0.6) is 17.2 Å². The normalized spacial score (nSPS) is 14.6. The number of carbonyl (C=O) groups excluding carboxylic acids is 1. The Morgan fingerprint density at radius 2 is 1.81 bits per heavy atom. The predicted molar refractivity (Wildman–Crippen MR) is 168 cm³/mol. The van der Waals surface area contributed by atoms with Crippen LogP contribution in [0.15, 0.2) is 48.5 Å². The minimum absolute atomic E-state index is 0.0713. The van der Waals surface area contributed by atoms with Gasteiger partial charge in [-0.3, -0.25) is 8.98 Å². The number of nitrogens with one attached hydrogen (secondary N) is 2. The molecule has 0 radical (unpaired) electrons. The number of thiol groups is 1. The molecule has 1 heterocycles. The number of aryl methyl sites for hydroxylation is 1. The molecule has 0 saturated carbocycles. The Balaban J connectivity index is 1.69. The molecule has 1 amide bonds. The lowest BCUT2D eigenvalue weighted by molar-refractivity contribution is -0.121. The van der Waals surface area contributed by atoms with Crippen molar-refractivity contribution in [2.75, 3.05) is 43.2 Å². The van der Waals surface area contributed by atoms with Crippen molar-refractivity contribution in [2.24, 2.45) is 0 Å². The monoisotopic (exact) mass is 598 g/mol. The topological polar surface area (TPSA) is 89.1 Å². The van der Waals surface area contributed by atoms with Crippen molar-refractivity contribution in [1.29, 1.82) is 0 Å².